The Kier molecular flexibility index (Phi) is 4.86. The molecule has 6 nitrogen and oxygen atoms in total. The summed E-state index contributed by atoms with van der Waals surface area (Å²) < 4.78 is 34.0. The first kappa shape index (κ1) is 18.5. The zero-order valence-electron chi connectivity index (χ0n) is 15.4. The maximum absolute atomic E-state index is 11.6. The summed E-state index contributed by atoms with van der Waals surface area (Å²) in [7, 11) is -0.442. The largest absolute Gasteiger partial charge is 0.493 e. The van der Waals surface area contributed by atoms with E-state index in [1.54, 1.807) is 26.4 Å². The van der Waals surface area contributed by atoms with E-state index < -0.39 is 10.0 Å². The van der Waals surface area contributed by atoms with Crippen molar-refractivity contribution >= 4 is 15.7 Å². The number of aryl methyl sites for hydroxylation is 1. The van der Waals surface area contributed by atoms with E-state index in [9.17, 15) is 8.42 Å². The molecule has 140 valence electrons. The normalized spacial score (nSPS) is 16.5. The van der Waals surface area contributed by atoms with Crippen molar-refractivity contribution in [1.82, 2.24) is 0 Å². The highest BCUT2D eigenvalue weighted by Crippen LogP contribution is 2.37. The van der Waals surface area contributed by atoms with E-state index in [1.807, 2.05) is 25.1 Å². The zero-order chi connectivity index (χ0) is 19.1. The second kappa shape index (κ2) is 6.81. The third-order valence-electron chi connectivity index (χ3n) is 4.92. The molecule has 26 heavy (non-hydrogen) atoms. The Morgan fingerprint density at radius 3 is 2.42 bits per heavy atom. The number of nitrogens with two attached hydrogens (primary N) is 1. The summed E-state index contributed by atoms with van der Waals surface area (Å²) in [4.78, 5) is 2.43. The summed E-state index contributed by atoms with van der Waals surface area (Å²) in [6.07, 6.45) is 0.783. The second-order valence-electron chi connectivity index (χ2n) is 6.65. The monoisotopic (exact) mass is 376 g/mol. The lowest BCUT2D eigenvalue weighted by molar-refractivity contribution is 0.354. The predicted molar refractivity (Wildman–Crippen MR) is 101 cm³/mol. The van der Waals surface area contributed by atoms with Gasteiger partial charge >= 0.3 is 0 Å². The van der Waals surface area contributed by atoms with Crippen LogP contribution in [-0.2, 0) is 23.0 Å². The zero-order valence-corrected chi connectivity index (χ0v) is 16.3. The number of hydrogen-bond acceptors (Lipinski definition) is 5. The van der Waals surface area contributed by atoms with Crippen LogP contribution in [0.5, 0.6) is 11.5 Å². The molecule has 1 aliphatic heterocycles. The number of nitrogens with zero attached hydrogens (tertiary/aromatic N) is 1. The van der Waals surface area contributed by atoms with Crippen molar-refractivity contribution in [2.45, 2.75) is 37.8 Å². The van der Waals surface area contributed by atoms with Crippen LogP contribution in [0.4, 0.5) is 5.69 Å². The van der Waals surface area contributed by atoms with Crippen molar-refractivity contribution in [2.75, 3.05) is 19.1 Å². The van der Waals surface area contributed by atoms with Crippen molar-refractivity contribution in [2.24, 2.45) is 5.14 Å². The third-order valence-corrected chi connectivity index (χ3v) is 5.83. The number of fused-ring (bicyclic) bond motifs is 1. The number of benzene rings is 2. The van der Waals surface area contributed by atoms with Crippen LogP contribution in [0.1, 0.15) is 23.6 Å². The first-order valence-corrected chi connectivity index (χ1v) is 9.93. The van der Waals surface area contributed by atoms with E-state index in [0.29, 0.717) is 18.0 Å². The van der Waals surface area contributed by atoms with Gasteiger partial charge in [-0.25, -0.2) is 13.6 Å². The number of ether oxygens (including phenoxy) is 2. The van der Waals surface area contributed by atoms with Crippen molar-refractivity contribution in [1.29, 1.82) is 0 Å². The van der Waals surface area contributed by atoms with Crippen LogP contribution >= 0.6 is 0 Å². The molecule has 0 fully saturated rings. The lowest BCUT2D eigenvalue weighted by atomic mass is 10.1. The molecule has 0 aromatic heterocycles. The molecule has 2 aromatic rings. The summed E-state index contributed by atoms with van der Waals surface area (Å²) in [6, 6.07) is 9.32. The van der Waals surface area contributed by atoms with Gasteiger partial charge in [-0.05, 0) is 67.3 Å². The maximum atomic E-state index is 11.6. The highest BCUT2D eigenvalue weighted by Gasteiger charge is 2.28. The fourth-order valence-electron chi connectivity index (χ4n) is 3.47. The van der Waals surface area contributed by atoms with Gasteiger partial charge in [0.2, 0.25) is 10.0 Å². The Bertz CT molecular complexity index is 941. The predicted octanol–water partition coefficient (Wildman–Crippen LogP) is 2.61. The van der Waals surface area contributed by atoms with Gasteiger partial charge in [-0.2, -0.15) is 0 Å². The molecule has 1 aliphatic rings. The van der Waals surface area contributed by atoms with Crippen LogP contribution in [0, 0.1) is 6.92 Å². The Hall–Kier alpha value is -2.25. The molecule has 1 atom stereocenters. The molecular weight excluding hydrogens is 352 g/mol. The maximum Gasteiger partial charge on any atom is 0.238 e. The molecule has 0 spiro atoms. The number of primary sulfonamides is 1. The van der Waals surface area contributed by atoms with Gasteiger partial charge in [0.05, 0.1) is 19.1 Å². The number of sulfonamides is 1. The quantitative estimate of drug-likeness (QED) is 0.867. The molecular formula is C19H24N2O4S. The second-order valence-corrected chi connectivity index (χ2v) is 8.21. The topological polar surface area (TPSA) is 81.9 Å². The summed E-state index contributed by atoms with van der Waals surface area (Å²) in [5.74, 6) is 1.41. The average Bonchev–Trinajstić information content (AvgIpc) is 2.90. The molecule has 2 aromatic carbocycles. The average molecular weight is 376 g/mol. The lowest BCUT2D eigenvalue weighted by Gasteiger charge is -2.26. The van der Waals surface area contributed by atoms with E-state index in [0.717, 1.165) is 28.8 Å². The van der Waals surface area contributed by atoms with Crippen LogP contribution in [0.2, 0.25) is 0 Å². The molecule has 3 rings (SSSR count). The number of rotatable bonds is 5. The van der Waals surface area contributed by atoms with Crippen LogP contribution in [0.3, 0.4) is 0 Å². The summed E-state index contributed by atoms with van der Waals surface area (Å²) in [6.45, 7) is 4.88. The SMILES string of the molecule is COc1cc(C)c(CN2c3ccc(S(N)(=O)=O)cc3C[C@H]2C)cc1OC. The molecule has 2 N–H and O–H groups in total. The Morgan fingerprint density at radius 2 is 1.81 bits per heavy atom. The van der Waals surface area contributed by atoms with E-state index in [1.165, 1.54) is 0 Å². The van der Waals surface area contributed by atoms with E-state index >= 15 is 0 Å². The van der Waals surface area contributed by atoms with Gasteiger partial charge in [0.15, 0.2) is 11.5 Å². The first-order chi connectivity index (χ1) is 12.2. The molecule has 0 amide bonds. The standard InChI is InChI=1S/C19H24N2O4S/c1-12-7-18(24-3)19(25-4)10-15(12)11-21-13(2)8-14-9-16(26(20,22)23)5-6-17(14)21/h5-7,9-10,13H,8,11H2,1-4H3,(H2,20,22,23)/t13-/m1/s1. The third kappa shape index (κ3) is 3.37. The Balaban J connectivity index is 1.95. The highest BCUT2D eigenvalue weighted by molar-refractivity contribution is 7.89. The van der Waals surface area contributed by atoms with Crippen LogP contribution in [-0.4, -0.2) is 28.7 Å². The van der Waals surface area contributed by atoms with E-state index in [-0.39, 0.29) is 10.9 Å². The van der Waals surface area contributed by atoms with E-state index in [2.05, 4.69) is 11.8 Å². The molecule has 0 saturated carbocycles. The van der Waals surface area contributed by atoms with Crippen molar-refractivity contribution in [3.05, 3.63) is 47.0 Å². The van der Waals surface area contributed by atoms with Gasteiger partial charge < -0.3 is 14.4 Å². The van der Waals surface area contributed by atoms with Crippen LogP contribution < -0.4 is 19.5 Å². The molecule has 0 aliphatic carbocycles. The molecule has 0 saturated heterocycles. The number of hydrogen-bond donors (Lipinski definition) is 1. The minimum absolute atomic E-state index is 0.160. The fourth-order valence-corrected chi connectivity index (χ4v) is 4.03. The van der Waals surface area contributed by atoms with Gasteiger partial charge in [-0.3, -0.25) is 0 Å². The Morgan fingerprint density at radius 1 is 1.15 bits per heavy atom. The molecule has 0 radical (unpaired) electrons. The molecule has 7 heteroatoms. The first-order valence-electron chi connectivity index (χ1n) is 8.38. The fraction of sp³-hybridized carbons (Fsp3) is 0.368. The summed E-state index contributed by atoms with van der Waals surface area (Å²) >= 11 is 0. The van der Waals surface area contributed by atoms with Gasteiger partial charge in [-0.15, -0.1) is 0 Å². The number of methoxy groups -OCH3 is 2. The van der Waals surface area contributed by atoms with Crippen molar-refractivity contribution in [3.8, 4) is 11.5 Å². The Labute approximate surface area is 154 Å². The highest BCUT2D eigenvalue weighted by atomic mass is 32.2. The van der Waals surface area contributed by atoms with Crippen LogP contribution in [0.25, 0.3) is 0 Å². The van der Waals surface area contributed by atoms with Crippen LogP contribution in [0.15, 0.2) is 35.2 Å². The minimum atomic E-state index is -3.69. The minimum Gasteiger partial charge on any atom is -0.493 e. The van der Waals surface area contributed by atoms with Crippen molar-refractivity contribution < 1.29 is 17.9 Å². The summed E-state index contributed by atoms with van der Waals surface area (Å²) in [5, 5.41) is 5.26. The number of anilines is 1. The summed E-state index contributed by atoms with van der Waals surface area (Å²) in [5.41, 5.74) is 4.29. The molecule has 0 bridgehead atoms. The molecule has 0 unspecified atom stereocenters. The smallest absolute Gasteiger partial charge is 0.238 e. The van der Waals surface area contributed by atoms with Gasteiger partial charge in [0, 0.05) is 18.3 Å². The lowest BCUT2D eigenvalue weighted by Crippen LogP contribution is -2.28. The van der Waals surface area contributed by atoms with Gasteiger partial charge in [0.25, 0.3) is 0 Å². The molecule has 1 heterocycles. The van der Waals surface area contributed by atoms with Gasteiger partial charge in [0.1, 0.15) is 0 Å². The van der Waals surface area contributed by atoms with Gasteiger partial charge in [-0.1, -0.05) is 0 Å². The van der Waals surface area contributed by atoms with E-state index in [4.69, 9.17) is 14.6 Å². The van der Waals surface area contributed by atoms with Crippen molar-refractivity contribution in [3.63, 3.8) is 0 Å².